The van der Waals surface area contributed by atoms with Gasteiger partial charge in [-0.3, -0.25) is 4.98 Å². The second kappa shape index (κ2) is 5.21. The van der Waals surface area contributed by atoms with Crippen molar-refractivity contribution in [3.63, 3.8) is 0 Å². The smallest absolute Gasteiger partial charge is 0.144 e. The van der Waals surface area contributed by atoms with Crippen LogP contribution in [0.3, 0.4) is 0 Å². The first-order chi connectivity index (χ1) is 7.02. The van der Waals surface area contributed by atoms with Crippen molar-refractivity contribution in [2.75, 3.05) is 0 Å². The summed E-state index contributed by atoms with van der Waals surface area (Å²) < 4.78 is 13.4. The summed E-state index contributed by atoms with van der Waals surface area (Å²) in [6.45, 7) is 8.28. The van der Waals surface area contributed by atoms with E-state index in [2.05, 4.69) is 31.1 Å². The minimum atomic E-state index is -0.220. The van der Waals surface area contributed by atoms with Crippen LogP contribution in [-0.4, -0.2) is 17.1 Å². The van der Waals surface area contributed by atoms with E-state index in [-0.39, 0.29) is 17.8 Å². The van der Waals surface area contributed by atoms with Crippen molar-refractivity contribution in [2.45, 2.75) is 45.7 Å². The molecule has 0 aliphatic carbocycles. The highest BCUT2D eigenvalue weighted by atomic mass is 19.1. The average Bonchev–Trinajstić information content (AvgIpc) is 2.16. The van der Waals surface area contributed by atoms with E-state index >= 15 is 0 Å². The van der Waals surface area contributed by atoms with Gasteiger partial charge < -0.3 is 5.32 Å². The van der Waals surface area contributed by atoms with E-state index in [1.54, 1.807) is 12.3 Å². The molecule has 0 amide bonds. The van der Waals surface area contributed by atoms with Gasteiger partial charge in [0.25, 0.3) is 0 Å². The van der Waals surface area contributed by atoms with E-state index < -0.39 is 0 Å². The molecule has 1 rings (SSSR count). The summed E-state index contributed by atoms with van der Waals surface area (Å²) in [5, 5.41) is 3.38. The van der Waals surface area contributed by atoms with Crippen molar-refractivity contribution in [3.8, 4) is 0 Å². The molecule has 3 heteroatoms. The zero-order valence-electron chi connectivity index (χ0n) is 9.79. The lowest BCUT2D eigenvalue weighted by Crippen LogP contribution is -2.36. The van der Waals surface area contributed by atoms with Crippen molar-refractivity contribution in [3.05, 3.63) is 29.8 Å². The molecule has 0 saturated carbocycles. The maximum atomic E-state index is 13.4. The molecule has 2 nitrogen and oxygen atoms in total. The molecule has 0 radical (unpaired) electrons. The number of rotatable bonds is 4. The van der Waals surface area contributed by atoms with Crippen molar-refractivity contribution in [2.24, 2.45) is 0 Å². The zero-order chi connectivity index (χ0) is 11.4. The van der Waals surface area contributed by atoms with Crippen LogP contribution in [0.25, 0.3) is 0 Å². The highest BCUT2D eigenvalue weighted by Crippen LogP contribution is 2.21. The molecule has 1 heterocycles. The van der Waals surface area contributed by atoms with Gasteiger partial charge in [-0.2, -0.15) is 0 Å². The number of halogens is 1. The third kappa shape index (κ3) is 3.27. The third-order valence-electron chi connectivity index (χ3n) is 2.64. The van der Waals surface area contributed by atoms with Crippen LogP contribution in [0.4, 0.5) is 4.39 Å². The Hall–Kier alpha value is -0.960. The number of nitrogens with zero attached hydrogens (tertiary/aromatic N) is 1. The Morgan fingerprint density at radius 3 is 2.47 bits per heavy atom. The number of aromatic nitrogens is 1. The van der Waals surface area contributed by atoms with Gasteiger partial charge in [0.2, 0.25) is 0 Å². The lowest BCUT2D eigenvalue weighted by molar-refractivity contribution is 0.429. The van der Waals surface area contributed by atoms with E-state index in [0.29, 0.717) is 6.04 Å². The van der Waals surface area contributed by atoms with Crippen molar-refractivity contribution < 1.29 is 4.39 Å². The molecule has 2 unspecified atom stereocenters. The topological polar surface area (TPSA) is 24.9 Å². The molecule has 84 valence electrons. The fraction of sp³-hybridized carbons (Fsp3) is 0.583. The SMILES string of the molecule is CC(C)NC(C)C(C)c1ccncc1F. The summed E-state index contributed by atoms with van der Waals surface area (Å²) >= 11 is 0. The monoisotopic (exact) mass is 210 g/mol. The lowest BCUT2D eigenvalue weighted by atomic mass is 9.94. The molecular formula is C12H19FN2. The second-order valence-corrected chi connectivity index (χ2v) is 4.30. The molecule has 1 aromatic heterocycles. The molecule has 0 bridgehead atoms. The minimum Gasteiger partial charge on any atom is -0.311 e. The molecule has 0 aliphatic heterocycles. The highest BCUT2D eigenvalue weighted by molar-refractivity contribution is 5.19. The van der Waals surface area contributed by atoms with E-state index in [0.717, 1.165) is 5.56 Å². The molecule has 0 aliphatic rings. The van der Waals surface area contributed by atoms with E-state index in [1.165, 1.54) is 6.20 Å². The summed E-state index contributed by atoms with van der Waals surface area (Å²) in [6, 6.07) is 2.41. The Labute approximate surface area is 90.9 Å². The van der Waals surface area contributed by atoms with Crippen LogP contribution in [0.2, 0.25) is 0 Å². The fourth-order valence-corrected chi connectivity index (χ4v) is 1.69. The van der Waals surface area contributed by atoms with Crippen molar-refractivity contribution >= 4 is 0 Å². The summed E-state index contributed by atoms with van der Waals surface area (Å²) in [4.78, 5) is 3.75. The summed E-state index contributed by atoms with van der Waals surface area (Å²) in [7, 11) is 0. The molecule has 0 fully saturated rings. The predicted molar refractivity (Wildman–Crippen MR) is 60.3 cm³/mol. The third-order valence-corrected chi connectivity index (χ3v) is 2.64. The first kappa shape index (κ1) is 12.1. The van der Waals surface area contributed by atoms with Crippen LogP contribution in [0.5, 0.6) is 0 Å². The predicted octanol–water partition coefficient (Wildman–Crippen LogP) is 2.71. The Balaban J connectivity index is 2.76. The maximum Gasteiger partial charge on any atom is 0.144 e. The first-order valence-corrected chi connectivity index (χ1v) is 5.37. The van der Waals surface area contributed by atoms with E-state index in [9.17, 15) is 4.39 Å². The van der Waals surface area contributed by atoms with Crippen LogP contribution in [0, 0.1) is 5.82 Å². The molecule has 1 N–H and O–H groups in total. The minimum absolute atomic E-state index is 0.149. The van der Waals surface area contributed by atoms with Gasteiger partial charge in [0.05, 0.1) is 6.20 Å². The molecule has 0 saturated heterocycles. The van der Waals surface area contributed by atoms with Gasteiger partial charge in [-0.05, 0) is 24.5 Å². The molecule has 15 heavy (non-hydrogen) atoms. The Kier molecular flexibility index (Phi) is 4.21. The van der Waals surface area contributed by atoms with Gasteiger partial charge >= 0.3 is 0 Å². The Morgan fingerprint density at radius 1 is 1.27 bits per heavy atom. The average molecular weight is 210 g/mol. The van der Waals surface area contributed by atoms with Gasteiger partial charge in [0.15, 0.2) is 0 Å². The molecule has 0 spiro atoms. The summed E-state index contributed by atoms with van der Waals surface area (Å²) in [5.41, 5.74) is 0.727. The van der Waals surface area contributed by atoms with Crippen molar-refractivity contribution in [1.82, 2.24) is 10.3 Å². The quantitative estimate of drug-likeness (QED) is 0.826. The van der Waals surface area contributed by atoms with Gasteiger partial charge in [-0.25, -0.2) is 4.39 Å². The second-order valence-electron chi connectivity index (χ2n) is 4.30. The zero-order valence-corrected chi connectivity index (χ0v) is 9.79. The number of hydrogen-bond donors (Lipinski definition) is 1. The van der Waals surface area contributed by atoms with Crippen LogP contribution < -0.4 is 5.32 Å². The largest absolute Gasteiger partial charge is 0.311 e. The van der Waals surface area contributed by atoms with Crippen molar-refractivity contribution in [1.29, 1.82) is 0 Å². The van der Waals surface area contributed by atoms with Crippen LogP contribution in [0.1, 0.15) is 39.2 Å². The standard InChI is InChI=1S/C12H19FN2/c1-8(2)15-10(4)9(3)11-5-6-14-7-12(11)13/h5-10,15H,1-4H3. The molecule has 0 aromatic carbocycles. The summed E-state index contributed by atoms with van der Waals surface area (Å²) in [6.07, 6.45) is 2.91. The van der Waals surface area contributed by atoms with Gasteiger partial charge in [-0.15, -0.1) is 0 Å². The lowest BCUT2D eigenvalue weighted by Gasteiger charge is -2.24. The normalized spacial score (nSPS) is 15.3. The Bertz CT molecular complexity index is 312. The van der Waals surface area contributed by atoms with Gasteiger partial charge in [-0.1, -0.05) is 20.8 Å². The highest BCUT2D eigenvalue weighted by Gasteiger charge is 2.17. The van der Waals surface area contributed by atoms with Gasteiger partial charge in [0, 0.05) is 18.3 Å². The molecular weight excluding hydrogens is 191 g/mol. The molecule has 1 aromatic rings. The van der Waals surface area contributed by atoms with Crippen LogP contribution in [0.15, 0.2) is 18.5 Å². The fourth-order valence-electron chi connectivity index (χ4n) is 1.69. The first-order valence-electron chi connectivity index (χ1n) is 5.37. The van der Waals surface area contributed by atoms with Crippen LogP contribution >= 0.6 is 0 Å². The Morgan fingerprint density at radius 2 is 1.93 bits per heavy atom. The number of pyridine rings is 1. The number of hydrogen-bond acceptors (Lipinski definition) is 2. The van der Waals surface area contributed by atoms with Crippen LogP contribution in [-0.2, 0) is 0 Å². The number of nitrogens with one attached hydrogen (secondary N) is 1. The maximum absolute atomic E-state index is 13.4. The summed E-state index contributed by atoms with van der Waals surface area (Å²) in [5.74, 6) is -0.0715. The van der Waals surface area contributed by atoms with Gasteiger partial charge in [0.1, 0.15) is 5.82 Å². The molecule has 2 atom stereocenters. The van der Waals surface area contributed by atoms with E-state index in [4.69, 9.17) is 0 Å². The van der Waals surface area contributed by atoms with E-state index in [1.807, 2.05) is 6.92 Å².